The van der Waals surface area contributed by atoms with E-state index in [1.807, 2.05) is 11.8 Å². The van der Waals surface area contributed by atoms with Crippen LogP contribution < -0.4 is 0 Å². The Morgan fingerprint density at radius 2 is 1.79 bits per heavy atom. The van der Waals surface area contributed by atoms with E-state index in [1.54, 1.807) is 4.31 Å². The van der Waals surface area contributed by atoms with Gasteiger partial charge >= 0.3 is 0 Å². The van der Waals surface area contributed by atoms with Crippen LogP contribution in [0.1, 0.15) is 46.0 Å². The van der Waals surface area contributed by atoms with E-state index in [9.17, 15) is 13.2 Å². The molecular weight excluding hydrogens is 264 g/mol. The van der Waals surface area contributed by atoms with Crippen molar-refractivity contribution in [3.63, 3.8) is 0 Å². The molecule has 1 aliphatic rings. The Hall–Kier alpha value is -0.620. The summed E-state index contributed by atoms with van der Waals surface area (Å²) in [7, 11) is -3.13. The molecule has 1 amide bonds. The maximum atomic E-state index is 12.0. The van der Waals surface area contributed by atoms with Gasteiger partial charge in [-0.3, -0.25) is 4.79 Å². The Bertz CT molecular complexity index is 381. The molecule has 0 aromatic rings. The zero-order chi connectivity index (χ0) is 14.3. The monoisotopic (exact) mass is 290 g/mol. The van der Waals surface area contributed by atoms with Crippen molar-refractivity contribution < 1.29 is 13.2 Å². The van der Waals surface area contributed by atoms with Crippen LogP contribution in [0.25, 0.3) is 0 Å². The summed E-state index contributed by atoms with van der Waals surface area (Å²) in [5, 5.41) is 0. The minimum atomic E-state index is -3.13. The molecule has 0 aromatic carbocycles. The van der Waals surface area contributed by atoms with E-state index in [-0.39, 0.29) is 11.7 Å². The van der Waals surface area contributed by atoms with E-state index in [0.717, 1.165) is 19.3 Å². The Balaban J connectivity index is 2.54. The molecule has 0 radical (unpaired) electrons. The lowest BCUT2D eigenvalue weighted by molar-refractivity contribution is -0.131. The Morgan fingerprint density at radius 3 is 2.42 bits per heavy atom. The summed E-state index contributed by atoms with van der Waals surface area (Å²) in [6, 6.07) is 0. The summed E-state index contributed by atoms with van der Waals surface area (Å²) >= 11 is 0. The van der Waals surface area contributed by atoms with Crippen LogP contribution >= 0.6 is 0 Å². The van der Waals surface area contributed by atoms with Crippen molar-refractivity contribution in [2.24, 2.45) is 0 Å². The number of nitrogens with zero attached hydrogens (tertiary/aromatic N) is 2. The summed E-state index contributed by atoms with van der Waals surface area (Å²) in [5.41, 5.74) is 0. The van der Waals surface area contributed by atoms with Crippen LogP contribution in [-0.2, 0) is 14.8 Å². The molecule has 0 unspecified atom stereocenters. The third-order valence-corrected chi connectivity index (χ3v) is 5.48. The van der Waals surface area contributed by atoms with Crippen LogP contribution in [0.5, 0.6) is 0 Å². The summed E-state index contributed by atoms with van der Waals surface area (Å²) in [5.74, 6) is 0.369. The van der Waals surface area contributed by atoms with Gasteiger partial charge in [0.25, 0.3) is 0 Å². The third kappa shape index (κ3) is 5.10. The van der Waals surface area contributed by atoms with Crippen molar-refractivity contribution in [3.8, 4) is 0 Å². The number of carbonyl (C=O) groups excluding carboxylic acids is 1. The number of amides is 1. The van der Waals surface area contributed by atoms with E-state index >= 15 is 0 Å². The summed E-state index contributed by atoms with van der Waals surface area (Å²) in [4.78, 5) is 13.8. The molecule has 1 heterocycles. The fourth-order valence-electron chi connectivity index (χ4n) is 2.29. The number of rotatable bonds is 6. The predicted octanol–water partition coefficient (Wildman–Crippen LogP) is 1.45. The Kier molecular flexibility index (Phi) is 6.79. The fraction of sp³-hybridized carbons (Fsp3) is 0.923. The van der Waals surface area contributed by atoms with E-state index in [4.69, 9.17) is 0 Å². The molecule has 0 aliphatic carbocycles. The average Bonchev–Trinajstić information content (AvgIpc) is 2.62. The van der Waals surface area contributed by atoms with Gasteiger partial charge in [-0.05, 0) is 19.3 Å². The van der Waals surface area contributed by atoms with Gasteiger partial charge < -0.3 is 4.90 Å². The molecule has 112 valence electrons. The quantitative estimate of drug-likeness (QED) is 0.744. The topological polar surface area (TPSA) is 57.7 Å². The van der Waals surface area contributed by atoms with Gasteiger partial charge in [-0.1, -0.05) is 20.3 Å². The molecule has 1 fully saturated rings. The lowest BCUT2D eigenvalue weighted by Crippen LogP contribution is -2.38. The van der Waals surface area contributed by atoms with Gasteiger partial charge in [0, 0.05) is 32.6 Å². The van der Waals surface area contributed by atoms with E-state index in [0.29, 0.717) is 39.0 Å². The highest BCUT2D eigenvalue weighted by molar-refractivity contribution is 7.89. The summed E-state index contributed by atoms with van der Waals surface area (Å²) < 4.78 is 25.6. The first-order valence-electron chi connectivity index (χ1n) is 7.26. The molecule has 19 heavy (non-hydrogen) atoms. The van der Waals surface area contributed by atoms with Crippen molar-refractivity contribution in [3.05, 3.63) is 0 Å². The van der Waals surface area contributed by atoms with Gasteiger partial charge in [-0.2, -0.15) is 0 Å². The second-order valence-corrected chi connectivity index (χ2v) is 7.14. The fourth-order valence-corrected chi connectivity index (χ4v) is 3.84. The van der Waals surface area contributed by atoms with E-state index < -0.39 is 10.0 Å². The molecular formula is C13H26N2O3S. The number of sulfonamides is 1. The number of carbonyl (C=O) groups is 1. The van der Waals surface area contributed by atoms with Gasteiger partial charge in [0.05, 0.1) is 5.75 Å². The van der Waals surface area contributed by atoms with Crippen molar-refractivity contribution >= 4 is 15.9 Å². The maximum Gasteiger partial charge on any atom is 0.222 e. The minimum absolute atomic E-state index is 0.164. The first kappa shape index (κ1) is 16.4. The van der Waals surface area contributed by atoms with Crippen LogP contribution in [0, 0.1) is 0 Å². The predicted molar refractivity (Wildman–Crippen MR) is 76.4 cm³/mol. The van der Waals surface area contributed by atoms with Gasteiger partial charge in [-0.15, -0.1) is 0 Å². The van der Waals surface area contributed by atoms with Gasteiger partial charge in [0.2, 0.25) is 15.9 Å². The molecule has 0 saturated carbocycles. The number of hydrogen-bond donors (Lipinski definition) is 0. The first-order valence-corrected chi connectivity index (χ1v) is 8.87. The highest BCUT2D eigenvalue weighted by Gasteiger charge is 2.25. The summed E-state index contributed by atoms with van der Waals surface area (Å²) in [6.07, 6.45) is 3.88. The smallest absolute Gasteiger partial charge is 0.222 e. The van der Waals surface area contributed by atoms with Crippen LogP contribution in [0.2, 0.25) is 0 Å². The largest absolute Gasteiger partial charge is 0.341 e. The Morgan fingerprint density at radius 1 is 1.05 bits per heavy atom. The van der Waals surface area contributed by atoms with Crippen molar-refractivity contribution in [1.29, 1.82) is 0 Å². The van der Waals surface area contributed by atoms with E-state index in [2.05, 4.69) is 6.92 Å². The minimum Gasteiger partial charge on any atom is -0.341 e. The lowest BCUT2D eigenvalue weighted by atomic mass is 10.2. The molecule has 0 bridgehead atoms. The van der Waals surface area contributed by atoms with Crippen LogP contribution in [0.3, 0.4) is 0 Å². The molecule has 6 heteroatoms. The zero-order valence-corrected chi connectivity index (χ0v) is 12.9. The van der Waals surface area contributed by atoms with Crippen molar-refractivity contribution in [2.45, 2.75) is 46.0 Å². The van der Waals surface area contributed by atoms with Crippen LogP contribution in [-0.4, -0.2) is 55.5 Å². The first-order chi connectivity index (χ1) is 9.01. The molecule has 0 spiro atoms. The molecule has 0 aromatic heterocycles. The van der Waals surface area contributed by atoms with Crippen molar-refractivity contribution in [1.82, 2.24) is 9.21 Å². The molecule has 1 aliphatic heterocycles. The van der Waals surface area contributed by atoms with Crippen LogP contribution in [0.4, 0.5) is 0 Å². The second kappa shape index (κ2) is 7.85. The third-order valence-electron chi connectivity index (χ3n) is 3.41. The van der Waals surface area contributed by atoms with Crippen LogP contribution in [0.15, 0.2) is 0 Å². The Labute approximate surface area is 117 Å². The maximum absolute atomic E-state index is 12.0. The zero-order valence-electron chi connectivity index (χ0n) is 12.1. The molecule has 0 atom stereocenters. The highest BCUT2D eigenvalue weighted by atomic mass is 32.2. The normalized spacial score (nSPS) is 18.3. The number of hydrogen-bond acceptors (Lipinski definition) is 3. The van der Waals surface area contributed by atoms with Gasteiger partial charge in [0.1, 0.15) is 0 Å². The summed E-state index contributed by atoms with van der Waals surface area (Å²) in [6.45, 7) is 6.14. The van der Waals surface area contributed by atoms with E-state index in [1.165, 1.54) is 0 Å². The SMILES string of the molecule is CCCCC(=O)N1CCCN(S(=O)(=O)CCC)CC1. The average molecular weight is 290 g/mol. The molecule has 1 saturated heterocycles. The van der Waals surface area contributed by atoms with Gasteiger partial charge in [-0.25, -0.2) is 12.7 Å². The van der Waals surface area contributed by atoms with Crippen molar-refractivity contribution in [2.75, 3.05) is 31.9 Å². The molecule has 1 rings (SSSR count). The highest BCUT2D eigenvalue weighted by Crippen LogP contribution is 2.11. The van der Waals surface area contributed by atoms with Gasteiger partial charge in [0.15, 0.2) is 0 Å². The lowest BCUT2D eigenvalue weighted by Gasteiger charge is -2.21. The standard InChI is InChI=1S/C13H26N2O3S/c1-3-5-7-13(16)14-8-6-9-15(11-10-14)19(17,18)12-4-2/h3-12H2,1-2H3. The molecule has 0 N–H and O–H groups in total. The molecule has 5 nitrogen and oxygen atoms in total. The second-order valence-electron chi connectivity index (χ2n) is 5.05. The number of unbranched alkanes of at least 4 members (excludes halogenated alkanes) is 1.